The van der Waals surface area contributed by atoms with E-state index < -0.39 is 11.7 Å². The largest absolute Gasteiger partial charge is 0.481 e. The van der Waals surface area contributed by atoms with Gasteiger partial charge in [-0.1, -0.05) is 6.07 Å². The molecule has 2 aromatic heterocycles. The molecule has 0 aliphatic carbocycles. The zero-order valence-corrected chi connectivity index (χ0v) is 16.6. The number of amides is 1. The van der Waals surface area contributed by atoms with Crippen molar-refractivity contribution in [1.29, 1.82) is 0 Å². The predicted molar refractivity (Wildman–Crippen MR) is 112 cm³/mol. The zero-order valence-electron chi connectivity index (χ0n) is 16.6. The van der Waals surface area contributed by atoms with Gasteiger partial charge in [-0.25, -0.2) is 14.4 Å². The van der Waals surface area contributed by atoms with Crippen LogP contribution in [0.2, 0.25) is 0 Å². The highest BCUT2D eigenvalue weighted by Gasteiger charge is 2.23. The molecule has 1 atom stereocenters. The van der Waals surface area contributed by atoms with Crippen LogP contribution in [-0.2, 0) is 0 Å². The summed E-state index contributed by atoms with van der Waals surface area (Å²) in [5.41, 5.74) is 8.12. The van der Waals surface area contributed by atoms with Gasteiger partial charge in [-0.3, -0.25) is 4.79 Å². The molecule has 3 aromatic rings. The second-order valence-electron chi connectivity index (χ2n) is 7.16. The van der Waals surface area contributed by atoms with E-state index in [0.29, 0.717) is 36.0 Å². The molecule has 0 saturated carbocycles. The molecule has 4 N–H and O–H groups in total. The lowest BCUT2D eigenvalue weighted by Crippen LogP contribution is -2.43. The average Bonchev–Trinajstić information content (AvgIpc) is 3.24. The number of H-pyrrole nitrogens is 1. The molecule has 0 spiro atoms. The van der Waals surface area contributed by atoms with Crippen molar-refractivity contribution in [2.45, 2.75) is 18.9 Å². The molecule has 1 aliphatic heterocycles. The number of carbonyl (C=O) groups excluding carboxylic acids is 1. The monoisotopic (exact) mass is 410 g/mol. The Morgan fingerprint density at radius 3 is 3.07 bits per heavy atom. The Bertz CT molecular complexity index is 1050. The zero-order chi connectivity index (χ0) is 21.1. The highest BCUT2D eigenvalue weighted by Crippen LogP contribution is 2.31. The Morgan fingerprint density at radius 1 is 1.40 bits per heavy atom. The van der Waals surface area contributed by atoms with Crippen LogP contribution in [0.5, 0.6) is 5.88 Å². The molecule has 30 heavy (non-hydrogen) atoms. The van der Waals surface area contributed by atoms with Crippen LogP contribution in [0, 0.1) is 5.82 Å². The van der Waals surface area contributed by atoms with Crippen LogP contribution in [0.3, 0.4) is 0 Å². The van der Waals surface area contributed by atoms with E-state index in [1.54, 1.807) is 36.7 Å². The van der Waals surface area contributed by atoms with E-state index >= 15 is 0 Å². The Hall–Kier alpha value is -3.46. The molecule has 3 heterocycles. The van der Waals surface area contributed by atoms with Gasteiger partial charge >= 0.3 is 0 Å². The Kier molecular flexibility index (Phi) is 5.62. The third-order valence-electron chi connectivity index (χ3n) is 5.04. The molecule has 0 bridgehead atoms. The van der Waals surface area contributed by atoms with Crippen LogP contribution in [0.1, 0.15) is 23.5 Å². The topological polar surface area (TPSA) is 109 Å². The number of imidazole rings is 1. The summed E-state index contributed by atoms with van der Waals surface area (Å²) in [6.07, 6.45) is 5.01. The first-order valence-corrected chi connectivity index (χ1v) is 9.71. The Labute approximate surface area is 173 Å². The summed E-state index contributed by atoms with van der Waals surface area (Å²) in [6.45, 7) is 1.23. The van der Waals surface area contributed by atoms with E-state index in [1.807, 2.05) is 4.90 Å². The number of pyridine rings is 1. The van der Waals surface area contributed by atoms with Crippen LogP contribution in [0.15, 0.2) is 42.7 Å². The fourth-order valence-corrected chi connectivity index (χ4v) is 3.60. The van der Waals surface area contributed by atoms with Crippen LogP contribution in [0.25, 0.3) is 11.3 Å². The molecule has 1 aliphatic rings. The summed E-state index contributed by atoms with van der Waals surface area (Å²) in [7, 11) is 1.53. The minimum atomic E-state index is -0.463. The SMILES string of the molecule is COc1cc(-c2c[nH]c(C(=O)Nc3cccc(F)c3N3CCCC(N)C3)n2)ccn1. The fraction of sp³-hybridized carbons (Fsp3) is 0.286. The van der Waals surface area contributed by atoms with Crippen LogP contribution < -0.4 is 20.7 Å². The number of aromatic nitrogens is 3. The minimum absolute atomic E-state index is 0.0214. The van der Waals surface area contributed by atoms with Crippen molar-refractivity contribution in [3.05, 3.63) is 54.4 Å². The summed E-state index contributed by atoms with van der Waals surface area (Å²) in [4.78, 5) is 26.0. The summed E-state index contributed by atoms with van der Waals surface area (Å²) in [5, 5.41) is 2.77. The van der Waals surface area contributed by atoms with Crippen molar-refractivity contribution in [3.8, 4) is 17.1 Å². The van der Waals surface area contributed by atoms with Gasteiger partial charge < -0.3 is 25.7 Å². The lowest BCUT2D eigenvalue weighted by atomic mass is 10.1. The number of para-hydroxylation sites is 1. The van der Waals surface area contributed by atoms with Crippen molar-refractivity contribution in [3.63, 3.8) is 0 Å². The number of nitrogens with zero attached hydrogens (tertiary/aromatic N) is 3. The molecule has 4 rings (SSSR count). The lowest BCUT2D eigenvalue weighted by molar-refractivity contribution is 0.101. The summed E-state index contributed by atoms with van der Waals surface area (Å²) in [5.74, 6) is -0.293. The molecular weight excluding hydrogens is 387 g/mol. The smallest absolute Gasteiger partial charge is 0.291 e. The lowest BCUT2D eigenvalue weighted by Gasteiger charge is -2.34. The molecule has 9 heteroatoms. The molecule has 1 unspecified atom stereocenters. The van der Waals surface area contributed by atoms with Gasteiger partial charge in [0.25, 0.3) is 5.91 Å². The summed E-state index contributed by atoms with van der Waals surface area (Å²) >= 11 is 0. The van der Waals surface area contributed by atoms with E-state index in [0.717, 1.165) is 18.4 Å². The number of rotatable bonds is 5. The number of halogens is 1. The van der Waals surface area contributed by atoms with Crippen molar-refractivity contribution >= 4 is 17.3 Å². The first kappa shape index (κ1) is 19.8. The third-order valence-corrected chi connectivity index (χ3v) is 5.04. The number of nitrogens with one attached hydrogen (secondary N) is 2. The van der Waals surface area contributed by atoms with E-state index in [1.165, 1.54) is 13.2 Å². The molecule has 1 aromatic carbocycles. The fourth-order valence-electron chi connectivity index (χ4n) is 3.60. The normalized spacial score (nSPS) is 16.4. The number of ether oxygens (including phenoxy) is 1. The number of anilines is 2. The average molecular weight is 410 g/mol. The number of nitrogens with two attached hydrogens (primary N) is 1. The summed E-state index contributed by atoms with van der Waals surface area (Å²) < 4.78 is 19.8. The number of aromatic amines is 1. The van der Waals surface area contributed by atoms with Crippen LogP contribution in [0.4, 0.5) is 15.8 Å². The molecular formula is C21H23FN6O2. The van der Waals surface area contributed by atoms with Crippen molar-refractivity contribution in [1.82, 2.24) is 15.0 Å². The predicted octanol–water partition coefficient (Wildman–Crippen LogP) is 2.80. The van der Waals surface area contributed by atoms with E-state index in [2.05, 4.69) is 20.3 Å². The van der Waals surface area contributed by atoms with E-state index in [9.17, 15) is 9.18 Å². The van der Waals surface area contributed by atoms with Gasteiger partial charge in [-0.2, -0.15) is 0 Å². The van der Waals surface area contributed by atoms with Gasteiger partial charge in [0.2, 0.25) is 5.88 Å². The van der Waals surface area contributed by atoms with Gasteiger partial charge in [0.1, 0.15) is 5.82 Å². The first-order chi connectivity index (χ1) is 14.5. The Morgan fingerprint density at radius 2 is 2.27 bits per heavy atom. The van der Waals surface area contributed by atoms with Gasteiger partial charge in [-0.15, -0.1) is 0 Å². The van der Waals surface area contributed by atoms with Crippen LogP contribution in [-0.4, -0.2) is 47.1 Å². The van der Waals surface area contributed by atoms with Gasteiger partial charge in [0, 0.05) is 43.2 Å². The van der Waals surface area contributed by atoms with Gasteiger partial charge in [0.05, 0.1) is 24.2 Å². The van der Waals surface area contributed by atoms with Gasteiger partial charge in [-0.05, 0) is 31.0 Å². The quantitative estimate of drug-likeness (QED) is 0.597. The number of carbonyl (C=O) groups is 1. The standard InChI is InChI=1S/C21H23FN6O2/c1-30-18-10-13(7-8-24-18)17-11-25-20(26-17)21(29)27-16-6-2-5-15(22)19(16)28-9-3-4-14(23)12-28/h2,5-8,10-11,14H,3-4,9,12,23H2,1H3,(H,25,26)(H,27,29). The third kappa shape index (κ3) is 4.11. The second kappa shape index (κ2) is 8.50. The maximum absolute atomic E-state index is 14.6. The molecule has 1 saturated heterocycles. The molecule has 1 amide bonds. The number of hydrogen-bond donors (Lipinski definition) is 3. The van der Waals surface area contributed by atoms with E-state index in [4.69, 9.17) is 10.5 Å². The molecule has 0 radical (unpaired) electrons. The van der Waals surface area contributed by atoms with Crippen molar-refractivity contribution < 1.29 is 13.9 Å². The first-order valence-electron chi connectivity index (χ1n) is 9.71. The second-order valence-corrected chi connectivity index (χ2v) is 7.16. The van der Waals surface area contributed by atoms with Gasteiger partial charge in [0.15, 0.2) is 5.82 Å². The molecule has 8 nitrogen and oxygen atoms in total. The van der Waals surface area contributed by atoms with E-state index in [-0.39, 0.29) is 11.9 Å². The minimum Gasteiger partial charge on any atom is -0.481 e. The number of hydrogen-bond acceptors (Lipinski definition) is 6. The number of piperidine rings is 1. The Balaban J connectivity index is 1.56. The van der Waals surface area contributed by atoms with Crippen molar-refractivity contribution in [2.75, 3.05) is 30.4 Å². The molecule has 156 valence electrons. The van der Waals surface area contributed by atoms with Crippen LogP contribution >= 0.6 is 0 Å². The highest BCUT2D eigenvalue weighted by atomic mass is 19.1. The number of methoxy groups -OCH3 is 1. The maximum Gasteiger partial charge on any atom is 0.291 e. The summed E-state index contributed by atoms with van der Waals surface area (Å²) in [6, 6.07) is 8.09. The highest BCUT2D eigenvalue weighted by molar-refractivity contribution is 6.04. The molecule has 1 fully saturated rings. The number of benzene rings is 1. The van der Waals surface area contributed by atoms with Crippen molar-refractivity contribution in [2.24, 2.45) is 5.73 Å². The maximum atomic E-state index is 14.6.